The van der Waals surface area contributed by atoms with Crippen molar-refractivity contribution < 1.29 is 14.2 Å². The van der Waals surface area contributed by atoms with E-state index >= 15 is 0 Å². The van der Waals surface area contributed by atoms with Gasteiger partial charge in [-0.25, -0.2) is 5.01 Å². The number of hydrazone groups is 1. The van der Waals surface area contributed by atoms with E-state index in [-0.39, 0.29) is 12.3 Å². The van der Waals surface area contributed by atoms with Crippen molar-refractivity contribution in [1.29, 1.82) is 0 Å². The summed E-state index contributed by atoms with van der Waals surface area (Å²) in [6, 6.07) is 22.7. The zero-order valence-corrected chi connectivity index (χ0v) is 18.6. The summed E-state index contributed by atoms with van der Waals surface area (Å²) in [4.78, 5) is 1.22. The van der Waals surface area contributed by atoms with Crippen molar-refractivity contribution in [2.24, 2.45) is 5.10 Å². The van der Waals surface area contributed by atoms with Gasteiger partial charge in [0.25, 0.3) is 0 Å². The minimum Gasteiger partial charge on any atom is -0.497 e. The van der Waals surface area contributed by atoms with Gasteiger partial charge in [0.15, 0.2) is 11.5 Å². The van der Waals surface area contributed by atoms with Crippen LogP contribution in [0.4, 0.5) is 0 Å². The minimum absolute atomic E-state index is 0.0743. The number of hydrogen-bond acceptors (Lipinski definition) is 6. The van der Waals surface area contributed by atoms with Gasteiger partial charge in [0, 0.05) is 28.0 Å². The average molecular weight is 433 g/mol. The molecule has 3 aromatic rings. The Morgan fingerprint density at radius 3 is 2.55 bits per heavy atom. The summed E-state index contributed by atoms with van der Waals surface area (Å²) in [7, 11) is 3.37. The van der Waals surface area contributed by atoms with E-state index in [2.05, 4.69) is 47.7 Å². The van der Waals surface area contributed by atoms with Crippen LogP contribution in [0.25, 0.3) is 0 Å². The van der Waals surface area contributed by atoms with Crippen LogP contribution in [-0.2, 0) is 0 Å². The molecule has 0 fully saturated rings. The van der Waals surface area contributed by atoms with Crippen LogP contribution < -0.4 is 14.2 Å². The van der Waals surface area contributed by atoms with Crippen LogP contribution in [0.1, 0.15) is 35.4 Å². The van der Waals surface area contributed by atoms with Crippen molar-refractivity contribution in [3.63, 3.8) is 0 Å². The molecule has 6 heteroatoms. The summed E-state index contributed by atoms with van der Waals surface area (Å²) >= 11 is 1.73. The van der Waals surface area contributed by atoms with Crippen LogP contribution >= 0.6 is 11.8 Å². The maximum atomic E-state index is 6.52. The van der Waals surface area contributed by atoms with Gasteiger partial charge in [-0.3, -0.25) is 0 Å². The number of methoxy groups -OCH3 is 2. The molecule has 0 N–H and O–H groups in total. The SMILES string of the molecule is COc1cccc(C2=NN3[C@H](C2)c2cccc(OC)c2O[C@@H]3c2ccc(SC)cc2)c1. The van der Waals surface area contributed by atoms with E-state index in [0.717, 1.165) is 46.1 Å². The lowest BCUT2D eigenvalue weighted by atomic mass is 9.95. The molecule has 0 spiro atoms. The highest BCUT2D eigenvalue weighted by Crippen LogP contribution is 2.50. The topological polar surface area (TPSA) is 43.3 Å². The first-order chi connectivity index (χ1) is 15.2. The Hall–Kier alpha value is -3.12. The number of fused-ring (bicyclic) bond motifs is 3. The molecular formula is C25H24N2O3S. The van der Waals surface area contributed by atoms with Crippen molar-refractivity contribution in [2.45, 2.75) is 23.6 Å². The number of rotatable bonds is 5. The molecule has 2 aliphatic rings. The van der Waals surface area contributed by atoms with Gasteiger partial charge in [0.2, 0.25) is 6.23 Å². The van der Waals surface area contributed by atoms with Crippen molar-refractivity contribution in [3.05, 3.63) is 83.4 Å². The van der Waals surface area contributed by atoms with Crippen molar-refractivity contribution in [1.82, 2.24) is 5.01 Å². The molecule has 5 nitrogen and oxygen atoms in total. The Morgan fingerprint density at radius 2 is 1.81 bits per heavy atom. The molecule has 0 saturated carbocycles. The zero-order chi connectivity index (χ0) is 21.4. The third-order valence-corrected chi connectivity index (χ3v) is 6.55. The fourth-order valence-corrected chi connectivity index (χ4v) is 4.62. The molecule has 2 aliphatic heterocycles. The fraction of sp³-hybridized carbons (Fsp3) is 0.240. The molecule has 0 aliphatic carbocycles. The predicted molar refractivity (Wildman–Crippen MR) is 123 cm³/mol. The molecule has 5 rings (SSSR count). The summed E-state index contributed by atoms with van der Waals surface area (Å²) in [5.74, 6) is 2.37. The third-order valence-electron chi connectivity index (χ3n) is 5.80. The maximum absolute atomic E-state index is 6.52. The predicted octanol–water partition coefficient (Wildman–Crippen LogP) is 5.67. The average Bonchev–Trinajstić information content (AvgIpc) is 3.29. The second-order valence-electron chi connectivity index (χ2n) is 7.50. The highest BCUT2D eigenvalue weighted by Gasteiger charge is 2.42. The monoisotopic (exact) mass is 432 g/mol. The molecule has 0 radical (unpaired) electrons. The summed E-state index contributed by atoms with van der Waals surface area (Å²) in [5, 5.41) is 7.12. The Balaban J connectivity index is 1.59. The van der Waals surface area contributed by atoms with Crippen LogP contribution in [-0.4, -0.2) is 31.2 Å². The van der Waals surface area contributed by atoms with E-state index in [9.17, 15) is 0 Å². The van der Waals surface area contributed by atoms with Gasteiger partial charge in [-0.1, -0.05) is 36.4 Å². The van der Waals surface area contributed by atoms with E-state index in [1.54, 1.807) is 26.0 Å². The minimum atomic E-state index is -0.326. The summed E-state index contributed by atoms with van der Waals surface area (Å²) in [6.45, 7) is 0. The Bertz CT molecular complexity index is 1130. The van der Waals surface area contributed by atoms with Crippen LogP contribution in [0.3, 0.4) is 0 Å². The van der Waals surface area contributed by atoms with Crippen LogP contribution in [0.2, 0.25) is 0 Å². The fourth-order valence-electron chi connectivity index (χ4n) is 4.21. The van der Waals surface area contributed by atoms with Crippen molar-refractivity contribution >= 4 is 17.5 Å². The zero-order valence-electron chi connectivity index (χ0n) is 17.7. The Morgan fingerprint density at radius 1 is 1.00 bits per heavy atom. The smallest absolute Gasteiger partial charge is 0.214 e. The van der Waals surface area contributed by atoms with Crippen LogP contribution in [0.15, 0.2) is 76.7 Å². The van der Waals surface area contributed by atoms with Gasteiger partial charge in [-0.05, 0) is 36.6 Å². The molecule has 0 unspecified atom stereocenters. The van der Waals surface area contributed by atoms with E-state index < -0.39 is 0 Å². The third kappa shape index (κ3) is 3.51. The van der Waals surface area contributed by atoms with Gasteiger partial charge in [-0.2, -0.15) is 5.10 Å². The van der Waals surface area contributed by atoms with Gasteiger partial charge in [0.05, 0.1) is 26.0 Å². The van der Waals surface area contributed by atoms with Crippen molar-refractivity contribution in [3.8, 4) is 17.2 Å². The number of para-hydroxylation sites is 1. The number of thioether (sulfide) groups is 1. The Labute approximate surface area is 186 Å². The van der Waals surface area contributed by atoms with E-state index in [0.29, 0.717) is 0 Å². The van der Waals surface area contributed by atoms with Gasteiger partial charge >= 0.3 is 0 Å². The van der Waals surface area contributed by atoms with Crippen LogP contribution in [0.5, 0.6) is 17.2 Å². The molecular weight excluding hydrogens is 408 g/mol. The maximum Gasteiger partial charge on any atom is 0.214 e. The number of ether oxygens (including phenoxy) is 3. The standard InChI is InChI=1S/C25H24N2O3S/c1-28-18-7-4-6-17(14-18)21-15-22-20-8-5-9-23(29-2)24(20)30-25(27(22)26-21)16-10-12-19(31-3)13-11-16/h4-14,22,25H,15H2,1-3H3/t22-,25-/m1/s1. The molecule has 2 atom stereocenters. The van der Waals surface area contributed by atoms with Gasteiger partial charge in [-0.15, -0.1) is 11.8 Å². The lowest BCUT2D eigenvalue weighted by Crippen LogP contribution is -2.33. The lowest BCUT2D eigenvalue weighted by molar-refractivity contribution is -0.0209. The van der Waals surface area contributed by atoms with E-state index in [1.807, 2.05) is 30.3 Å². The molecule has 0 saturated heterocycles. The van der Waals surface area contributed by atoms with Crippen LogP contribution in [0, 0.1) is 0 Å². The normalized spacial score (nSPS) is 19.2. The lowest BCUT2D eigenvalue weighted by Gasteiger charge is -2.38. The molecule has 158 valence electrons. The second kappa shape index (κ2) is 8.19. The van der Waals surface area contributed by atoms with E-state index in [1.165, 1.54) is 4.90 Å². The molecule has 0 amide bonds. The summed E-state index contributed by atoms with van der Waals surface area (Å²) < 4.78 is 17.6. The van der Waals surface area contributed by atoms with Gasteiger partial charge in [0.1, 0.15) is 5.75 Å². The number of nitrogens with zero attached hydrogens (tertiary/aromatic N) is 2. The first-order valence-corrected chi connectivity index (χ1v) is 11.4. The van der Waals surface area contributed by atoms with Gasteiger partial charge < -0.3 is 14.2 Å². The molecule has 3 aromatic carbocycles. The number of benzene rings is 3. The highest BCUT2D eigenvalue weighted by molar-refractivity contribution is 7.98. The first kappa shape index (κ1) is 19.8. The summed E-state index contributed by atoms with van der Waals surface area (Å²) in [5.41, 5.74) is 4.25. The first-order valence-electron chi connectivity index (χ1n) is 10.2. The summed E-state index contributed by atoms with van der Waals surface area (Å²) in [6.07, 6.45) is 2.54. The number of hydrogen-bond donors (Lipinski definition) is 0. The Kier molecular flexibility index (Phi) is 5.24. The second-order valence-corrected chi connectivity index (χ2v) is 8.38. The quantitative estimate of drug-likeness (QED) is 0.486. The molecule has 31 heavy (non-hydrogen) atoms. The molecule has 0 aromatic heterocycles. The molecule has 2 heterocycles. The largest absolute Gasteiger partial charge is 0.497 e. The van der Waals surface area contributed by atoms with Crippen molar-refractivity contribution in [2.75, 3.05) is 20.5 Å². The van der Waals surface area contributed by atoms with E-state index in [4.69, 9.17) is 19.3 Å². The molecule has 0 bridgehead atoms. The highest BCUT2D eigenvalue weighted by atomic mass is 32.2.